The van der Waals surface area contributed by atoms with Gasteiger partial charge in [-0.1, -0.05) is 6.07 Å². The van der Waals surface area contributed by atoms with Gasteiger partial charge in [0.1, 0.15) is 10.7 Å². The number of β-amino-alcohol motifs (C(OH)–C–C–N with tert-alkyl or cyclic N) is 2. The first-order valence-electron chi connectivity index (χ1n) is 5.24. The Morgan fingerprint density at radius 2 is 1.83 bits per heavy atom. The van der Waals surface area contributed by atoms with Crippen LogP contribution in [0.25, 0.3) is 0 Å². The summed E-state index contributed by atoms with van der Waals surface area (Å²) in [6.07, 6.45) is -2.29. The predicted octanol–water partition coefficient (Wildman–Crippen LogP) is -0.866. The van der Waals surface area contributed by atoms with Gasteiger partial charge in [0.25, 0.3) is 0 Å². The number of nitrogens with zero attached hydrogens (tertiary/aromatic N) is 1. The first-order chi connectivity index (χ1) is 8.34. The summed E-state index contributed by atoms with van der Waals surface area (Å²) in [5, 5.41) is 18.7. The second-order valence-corrected chi connectivity index (χ2v) is 6.01. The van der Waals surface area contributed by atoms with E-state index in [0.29, 0.717) is 0 Å². The molecule has 1 saturated heterocycles. The Kier molecular flexibility index (Phi) is 3.28. The molecule has 1 aromatic carbocycles. The molecule has 4 N–H and O–H groups in total. The van der Waals surface area contributed by atoms with Crippen LogP contribution in [0.15, 0.2) is 23.1 Å². The van der Waals surface area contributed by atoms with Crippen molar-refractivity contribution < 1.29 is 23.0 Å². The number of nitrogens with two attached hydrogens (primary N) is 1. The van der Waals surface area contributed by atoms with Crippen molar-refractivity contribution in [2.45, 2.75) is 17.1 Å². The third kappa shape index (κ3) is 2.07. The minimum absolute atomic E-state index is 0.237. The van der Waals surface area contributed by atoms with Crippen LogP contribution in [0, 0.1) is 5.82 Å². The van der Waals surface area contributed by atoms with Crippen LogP contribution in [0.2, 0.25) is 0 Å². The Bertz CT molecular complexity index is 553. The largest absolute Gasteiger partial charge is 0.395 e. The molecule has 6 nitrogen and oxygen atoms in total. The molecular weight excluding hydrogens is 263 g/mol. The lowest BCUT2D eigenvalue weighted by Crippen LogP contribution is -2.30. The molecule has 8 heteroatoms. The Balaban J connectivity index is 2.41. The van der Waals surface area contributed by atoms with Crippen molar-refractivity contribution in [2.24, 2.45) is 0 Å². The molecule has 1 fully saturated rings. The van der Waals surface area contributed by atoms with Gasteiger partial charge < -0.3 is 15.9 Å². The van der Waals surface area contributed by atoms with Crippen molar-refractivity contribution in [3.63, 3.8) is 0 Å². The molecule has 0 radical (unpaired) electrons. The summed E-state index contributed by atoms with van der Waals surface area (Å²) in [4.78, 5) is -0.358. The second kappa shape index (κ2) is 4.47. The van der Waals surface area contributed by atoms with E-state index in [1.807, 2.05) is 0 Å². The van der Waals surface area contributed by atoms with Crippen LogP contribution in [-0.2, 0) is 10.0 Å². The van der Waals surface area contributed by atoms with E-state index in [0.717, 1.165) is 10.4 Å². The molecule has 2 rings (SSSR count). The quantitative estimate of drug-likeness (QED) is 0.609. The summed E-state index contributed by atoms with van der Waals surface area (Å²) < 4.78 is 38.4. The van der Waals surface area contributed by atoms with E-state index in [1.54, 1.807) is 0 Å². The number of aliphatic hydroxyl groups is 2. The Morgan fingerprint density at radius 3 is 2.39 bits per heavy atom. The zero-order valence-electron chi connectivity index (χ0n) is 9.32. The van der Waals surface area contributed by atoms with E-state index in [9.17, 15) is 23.0 Å². The second-order valence-electron chi connectivity index (χ2n) is 4.11. The smallest absolute Gasteiger partial charge is 0.245 e. The van der Waals surface area contributed by atoms with Crippen LogP contribution in [0.5, 0.6) is 0 Å². The van der Waals surface area contributed by atoms with Crippen LogP contribution in [0.3, 0.4) is 0 Å². The highest BCUT2D eigenvalue weighted by atomic mass is 32.2. The van der Waals surface area contributed by atoms with Crippen LogP contribution >= 0.6 is 0 Å². The number of rotatable bonds is 2. The Morgan fingerprint density at radius 1 is 1.28 bits per heavy atom. The molecule has 0 aromatic heterocycles. The molecule has 2 atom stereocenters. The molecule has 2 unspecified atom stereocenters. The fourth-order valence-corrected chi connectivity index (χ4v) is 3.41. The van der Waals surface area contributed by atoms with E-state index in [4.69, 9.17) is 5.73 Å². The lowest BCUT2D eigenvalue weighted by atomic mass is 10.3. The molecule has 0 bridgehead atoms. The Labute approximate surface area is 103 Å². The van der Waals surface area contributed by atoms with Gasteiger partial charge in [-0.05, 0) is 12.1 Å². The molecule has 1 aliphatic rings. The predicted molar refractivity (Wildman–Crippen MR) is 61.6 cm³/mol. The van der Waals surface area contributed by atoms with Crippen molar-refractivity contribution in [3.05, 3.63) is 24.0 Å². The van der Waals surface area contributed by atoms with E-state index >= 15 is 0 Å². The highest BCUT2D eigenvalue weighted by Gasteiger charge is 2.38. The lowest BCUT2D eigenvalue weighted by molar-refractivity contribution is 0.0572. The standard InChI is InChI=1S/C10H13FN2O4S/c11-6-2-1-3-9(10(6)12)18(16,17)13-4-7(14)8(15)5-13/h1-3,7-8,14-15H,4-5,12H2. The summed E-state index contributed by atoms with van der Waals surface area (Å²) in [5.41, 5.74) is 4.94. The third-order valence-electron chi connectivity index (χ3n) is 2.86. The van der Waals surface area contributed by atoms with Crippen LogP contribution in [-0.4, -0.2) is 48.2 Å². The molecular formula is C10H13FN2O4S. The monoisotopic (exact) mass is 276 g/mol. The maximum atomic E-state index is 13.2. The van der Waals surface area contributed by atoms with Crippen molar-refractivity contribution in [2.75, 3.05) is 18.8 Å². The number of aliphatic hydroxyl groups excluding tert-OH is 2. The van der Waals surface area contributed by atoms with Crippen molar-refractivity contribution in [1.29, 1.82) is 0 Å². The van der Waals surface area contributed by atoms with E-state index in [2.05, 4.69) is 0 Å². The van der Waals surface area contributed by atoms with Gasteiger partial charge in [0.2, 0.25) is 10.0 Å². The van der Waals surface area contributed by atoms with E-state index in [-0.39, 0.29) is 18.0 Å². The maximum absolute atomic E-state index is 13.2. The molecule has 18 heavy (non-hydrogen) atoms. The number of hydrogen-bond acceptors (Lipinski definition) is 5. The molecule has 0 saturated carbocycles. The molecule has 1 aliphatic heterocycles. The first kappa shape index (κ1) is 13.2. The van der Waals surface area contributed by atoms with E-state index in [1.165, 1.54) is 12.1 Å². The van der Waals surface area contributed by atoms with Gasteiger partial charge in [0.15, 0.2) is 0 Å². The molecule has 100 valence electrons. The van der Waals surface area contributed by atoms with Gasteiger partial charge >= 0.3 is 0 Å². The average Bonchev–Trinajstić information content (AvgIpc) is 2.63. The number of halogens is 1. The number of sulfonamides is 1. The van der Waals surface area contributed by atoms with Gasteiger partial charge in [-0.3, -0.25) is 0 Å². The van der Waals surface area contributed by atoms with Gasteiger partial charge in [0.05, 0.1) is 17.9 Å². The van der Waals surface area contributed by atoms with E-state index < -0.39 is 33.7 Å². The fraction of sp³-hybridized carbons (Fsp3) is 0.400. The topological polar surface area (TPSA) is 104 Å². The normalized spacial score (nSPS) is 25.5. The summed E-state index contributed by atoms with van der Waals surface area (Å²) in [6, 6.07) is 3.48. The van der Waals surface area contributed by atoms with Gasteiger partial charge in [-0.25, -0.2) is 12.8 Å². The van der Waals surface area contributed by atoms with Gasteiger partial charge in [-0.15, -0.1) is 0 Å². The highest BCUT2D eigenvalue weighted by Crippen LogP contribution is 2.27. The number of benzene rings is 1. The minimum atomic E-state index is -4.01. The number of nitrogen functional groups attached to an aromatic ring is 1. The third-order valence-corrected chi connectivity index (χ3v) is 4.75. The zero-order chi connectivity index (χ0) is 13.5. The lowest BCUT2D eigenvalue weighted by Gasteiger charge is -2.16. The van der Waals surface area contributed by atoms with Crippen molar-refractivity contribution in [3.8, 4) is 0 Å². The van der Waals surface area contributed by atoms with Crippen LogP contribution < -0.4 is 5.73 Å². The van der Waals surface area contributed by atoms with Crippen molar-refractivity contribution in [1.82, 2.24) is 4.31 Å². The first-order valence-corrected chi connectivity index (χ1v) is 6.68. The average molecular weight is 276 g/mol. The Hall–Kier alpha value is -1.22. The van der Waals surface area contributed by atoms with Gasteiger partial charge in [0, 0.05) is 13.1 Å². The van der Waals surface area contributed by atoms with Crippen LogP contribution in [0.1, 0.15) is 0 Å². The van der Waals surface area contributed by atoms with Gasteiger partial charge in [-0.2, -0.15) is 4.31 Å². The molecule has 0 amide bonds. The molecule has 1 aromatic rings. The maximum Gasteiger partial charge on any atom is 0.245 e. The number of para-hydroxylation sites is 1. The SMILES string of the molecule is Nc1c(F)cccc1S(=O)(=O)N1CC(O)C(O)C1. The number of anilines is 1. The molecule has 1 heterocycles. The number of hydrogen-bond donors (Lipinski definition) is 3. The zero-order valence-corrected chi connectivity index (χ0v) is 10.1. The summed E-state index contributed by atoms with van der Waals surface area (Å²) >= 11 is 0. The fourth-order valence-electron chi connectivity index (χ4n) is 1.81. The van der Waals surface area contributed by atoms with Crippen LogP contribution in [0.4, 0.5) is 10.1 Å². The van der Waals surface area contributed by atoms with Crippen molar-refractivity contribution >= 4 is 15.7 Å². The molecule has 0 spiro atoms. The highest BCUT2D eigenvalue weighted by molar-refractivity contribution is 7.89. The summed E-state index contributed by atoms with van der Waals surface area (Å²) in [6.45, 7) is -0.473. The molecule has 0 aliphatic carbocycles. The summed E-state index contributed by atoms with van der Waals surface area (Å²) in [7, 11) is -4.01. The minimum Gasteiger partial charge on any atom is -0.395 e. The summed E-state index contributed by atoms with van der Waals surface area (Å²) in [5.74, 6) is -0.823.